The second-order valence-electron chi connectivity index (χ2n) is 21.2. The van der Waals surface area contributed by atoms with Crippen LogP contribution in [0.4, 0.5) is 25.4 Å². The van der Waals surface area contributed by atoms with Crippen molar-refractivity contribution in [2.75, 3.05) is 42.9 Å². The van der Waals surface area contributed by atoms with Gasteiger partial charge in [-0.05, 0) is 112 Å². The Hall–Kier alpha value is -8.54. The van der Waals surface area contributed by atoms with Gasteiger partial charge in [-0.3, -0.25) is 15.0 Å². The minimum absolute atomic E-state index is 0.0367. The van der Waals surface area contributed by atoms with Crippen LogP contribution in [-0.4, -0.2) is 106 Å². The smallest absolute Gasteiger partial charge is 0.410 e. The fourth-order valence-electron chi connectivity index (χ4n) is 10.2. The lowest BCUT2D eigenvalue weighted by atomic mass is 9.94. The van der Waals surface area contributed by atoms with E-state index in [1.165, 1.54) is 21.8 Å². The number of fused-ring (bicyclic) bond motifs is 2. The molecule has 2 aliphatic heterocycles. The lowest BCUT2D eigenvalue weighted by molar-refractivity contribution is -0.119. The van der Waals surface area contributed by atoms with Gasteiger partial charge in [-0.2, -0.15) is 0 Å². The first-order valence-electron chi connectivity index (χ1n) is 26.7. The number of carboxylic acids is 1. The highest BCUT2D eigenvalue weighted by Gasteiger charge is 2.37. The van der Waals surface area contributed by atoms with Crippen LogP contribution in [0.3, 0.4) is 0 Å². The first-order valence-corrected chi connectivity index (χ1v) is 28.2. The number of benzene rings is 4. The number of ether oxygens (including phenoxy) is 3. The van der Waals surface area contributed by atoms with Gasteiger partial charge in [0.05, 0.1) is 28.3 Å². The summed E-state index contributed by atoms with van der Waals surface area (Å²) in [6.45, 7) is 16.1. The maximum Gasteiger partial charge on any atom is 0.410 e. The largest absolute Gasteiger partial charge is 0.487 e. The molecule has 0 saturated carbocycles. The Morgan fingerprint density at radius 1 is 0.914 bits per heavy atom. The van der Waals surface area contributed by atoms with E-state index in [-0.39, 0.29) is 80.7 Å². The van der Waals surface area contributed by atoms with Crippen molar-refractivity contribution in [1.29, 1.82) is 5.41 Å². The van der Waals surface area contributed by atoms with Gasteiger partial charge in [0.15, 0.2) is 0 Å². The first kappa shape index (κ1) is 58.6. The number of aryl methyl sites for hydroxylation is 1. The van der Waals surface area contributed by atoms with E-state index in [1.54, 1.807) is 60.7 Å². The molecule has 0 aliphatic carbocycles. The number of anilines is 2. The number of nitrogens with zero attached hydrogens (tertiary/aromatic N) is 6. The van der Waals surface area contributed by atoms with E-state index in [0.29, 0.717) is 52.3 Å². The van der Waals surface area contributed by atoms with E-state index >= 15 is 4.39 Å². The van der Waals surface area contributed by atoms with Crippen LogP contribution < -0.4 is 35.7 Å². The van der Waals surface area contributed by atoms with Gasteiger partial charge in [0.25, 0.3) is 10.0 Å². The minimum atomic E-state index is -4.20. The molecule has 3 amide bonds. The molecule has 6 aromatic rings. The van der Waals surface area contributed by atoms with Crippen LogP contribution in [0.5, 0.6) is 5.75 Å². The van der Waals surface area contributed by atoms with E-state index in [1.807, 2.05) is 65.0 Å². The number of guanidine groups is 1. The molecular formula is C57H68FN11O11S. The summed E-state index contributed by atoms with van der Waals surface area (Å²) >= 11 is 0. The van der Waals surface area contributed by atoms with Crippen LogP contribution in [0.15, 0.2) is 88.8 Å². The SMILES string of the molecule is CCn1cc(C(=O)O)c(=O)c2cc(F)c(N3CCN(C(=O)OCc4ccc(NC(=O)[C@H](CCCNC(=N)NS(=O)(=O)c5c(C)c(C)c6c(c5C)CC(C)(C)O6)n5cc([C@@H](NC(=O)OCc6ccccc6)C(C)C)nn5)cc4)CC3)cc21. The molecule has 2 aliphatic rings. The number of alkyl carbamates (subject to hydrolysis) is 1. The molecule has 2 atom stereocenters. The molecule has 6 N–H and O–H groups in total. The summed E-state index contributed by atoms with van der Waals surface area (Å²) in [5.74, 6) is -2.49. The van der Waals surface area contributed by atoms with Crippen molar-refractivity contribution >= 4 is 62.3 Å². The summed E-state index contributed by atoms with van der Waals surface area (Å²) in [5, 5.41) is 35.4. The quantitative estimate of drug-likeness (QED) is 0.0258. The number of nitrogens with one attached hydrogen (secondary N) is 5. The molecule has 0 unspecified atom stereocenters. The summed E-state index contributed by atoms with van der Waals surface area (Å²) < 4.78 is 65.8. The van der Waals surface area contributed by atoms with Crippen LogP contribution in [-0.2, 0) is 50.5 Å². The van der Waals surface area contributed by atoms with E-state index in [9.17, 15) is 37.5 Å². The number of aromatic nitrogens is 4. The van der Waals surface area contributed by atoms with Gasteiger partial charge in [0.1, 0.15) is 47.7 Å². The number of halogens is 1. The van der Waals surface area contributed by atoms with E-state index in [2.05, 4.69) is 31.0 Å². The molecule has 1 saturated heterocycles. The maximum atomic E-state index is 15.5. The molecular weight excluding hydrogens is 1070 g/mol. The Kier molecular flexibility index (Phi) is 17.7. The molecule has 8 rings (SSSR count). The normalized spacial score (nSPS) is 14.6. The van der Waals surface area contributed by atoms with Crippen molar-refractivity contribution in [2.45, 2.75) is 117 Å². The zero-order valence-electron chi connectivity index (χ0n) is 46.5. The average molecular weight is 1130 g/mol. The highest BCUT2D eigenvalue weighted by atomic mass is 32.2. The van der Waals surface area contributed by atoms with Crippen molar-refractivity contribution in [3.05, 3.63) is 140 Å². The molecule has 0 spiro atoms. The number of carbonyl (C=O) groups excluding carboxylic acids is 3. The van der Waals surface area contributed by atoms with Gasteiger partial charge in [0, 0.05) is 68.5 Å². The van der Waals surface area contributed by atoms with Crippen molar-refractivity contribution in [3.63, 3.8) is 0 Å². The van der Waals surface area contributed by atoms with Crippen LogP contribution >= 0.6 is 0 Å². The number of hydrogen-bond acceptors (Lipinski definition) is 14. The third-order valence-corrected chi connectivity index (χ3v) is 16.2. The fraction of sp³-hybridized carbons (Fsp3) is 0.404. The van der Waals surface area contributed by atoms with Crippen LogP contribution in [0.1, 0.15) is 109 Å². The predicted molar refractivity (Wildman–Crippen MR) is 301 cm³/mol. The molecule has 0 bridgehead atoms. The predicted octanol–water partition coefficient (Wildman–Crippen LogP) is 7.63. The van der Waals surface area contributed by atoms with E-state index in [4.69, 9.17) is 19.6 Å². The Balaban J connectivity index is 0.894. The van der Waals surface area contributed by atoms with Gasteiger partial charge >= 0.3 is 18.2 Å². The number of carboxylic acid groups (broad SMARTS) is 1. The Bertz CT molecular complexity index is 3540. The number of hydrogen-bond donors (Lipinski definition) is 6. The number of carbonyl (C=O) groups is 4. The Labute approximate surface area is 468 Å². The number of rotatable bonds is 19. The molecule has 2 aromatic heterocycles. The van der Waals surface area contributed by atoms with Gasteiger partial charge in [0.2, 0.25) is 17.3 Å². The third-order valence-electron chi connectivity index (χ3n) is 14.6. The first-order chi connectivity index (χ1) is 38.4. The van der Waals surface area contributed by atoms with Crippen LogP contribution in [0.2, 0.25) is 0 Å². The highest BCUT2D eigenvalue weighted by Crippen LogP contribution is 2.44. The molecule has 4 aromatic carbocycles. The van der Waals surface area contributed by atoms with Gasteiger partial charge in [-0.1, -0.05) is 61.5 Å². The molecule has 22 nitrogen and oxygen atoms in total. The molecule has 430 valence electrons. The number of pyridine rings is 1. The maximum absolute atomic E-state index is 15.5. The molecule has 4 heterocycles. The van der Waals surface area contributed by atoms with Crippen molar-refractivity contribution < 1.29 is 51.3 Å². The molecule has 24 heteroatoms. The number of piperazine rings is 1. The van der Waals surface area contributed by atoms with E-state index < -0.39 is 74.5 Å². The van der Waals surface area contributed by atoms with Gasteiger partial charge in [-0.25, -0.2) is 36.6 Å². The lowest BCUT2D eigenvalue weighted by Gasteiger charge is -2.35. The number of sulfonamides is 1. The Morgan fingerprint density at radius 2 is 1.59 bits per heavy atom. The Morgan fingerprint density at radius 3 is 2.26 bits per heavy atom. The summed E-state index contributed by atoms with van der Waals surface area (Å²) in [4.78, 5) is 68.4. The molecule has 1 fully saturated rings. The standard InChI is InChI=1S/C57H68FN11O11S/c1-9-66-29-42(53(72)73)49(70)40-26-43(58)47(27-46(40)66)67-22-24-68(25-23-67)56(75)79-32-38-17-19-39(20-18-38)61-52(71)45(69-30-44(63-65-69)48(33(2)3)62-55(74)78-31-37-14-11-10-12-15-37)16-13-21-60-54(59)64-81(76,77)51-35(5)34(4)50-41(36(51)6)28-57(7,8)80-50/h10-12,14-15,17-20,26-27,29-30,33,45,48H,9,13,16,21-25,28,31-32H2,1-8H3,(H,61,71)(H,62,74)(H,72,73)(H3,59,60,64)/t45-,48-/m0/s1. The van der Waals surface area contributed by atoms with Crippen molar-refractivity contribution in [3.8, 4) is 5.75 Å². The zero-order chi connectivity index (χ0) is 58.5. The van der Waals surface area contributed by atoms with E-state index in [0.717, 1.165) is 22.8 Å². The topological polar surface area (TPSA) is 281 Å². The number of amides is 3. The molecule has 0 radical (unpaired) electrons. The van der Waals surface area contributed by atoms with Crippen molar-refractivity contribution in [1.82, 2.24) is 39.8 Å². The highest BCUT2D eigenvalue weighted by molar-refractivity contribution is 7.90. The third kappa shape index (κ3) is 13.4. The minimum Gasteiger partial charge on any atom is -0.487 e. The summed E-state index contributed by atoms with van der Waals surface area (Å²) in [6.07, 6.45) is 2.53. The lowest BCUT2D eigenvalue weighted by Crippen LogP contribution is -2.49. The second-order valence-corrected chi connectivity index (χ2v) is 22.8. The summed E-state index contributed by atoms with van der Waals surface area (Å²) in [5.41, 5.74) is 3.75. The zero-order valence-corrected chi connectivity index (χ0v) is 47.3. The van der Waals surface area contributed by atoms with Crippen LogP contribution in [0.25, 0.3) is 10.9 Å². The van der Waals surface area contributed by atoms with Gasteiger partial charge in [-0.15, -0.1) is 5.10 Å². The fourth-order valence-corrected chi connectivity index (χ4v) is 11.7. The number of aromatic carboxylic acids is 1. The van der Waals surface area contributed by atoms with Gasteiger partial charge < -0.3 is 49.6 Å². The average Bonchev–Trinajstić information content (AvgIpc) is 3.73. The molecule has 81 heavy (non-hydrogen) atoms. The van der Waals surface area contributed by atoms with Crippen molar-refractivity contribution in [2.24, 2.45) is 5.92 Å². The summed E-state index contributed by atoms with van der Waals surface area (Å²) in [6, 6.07) is 16.9. The van der Waals surface area contributed by atoms with Crippen LogP contribution in [0, 0.1) is 37.9 Å². The monoisotopic (exact) mass is 1130 g/mol. The summed E-state index contributed by atoms with van der Waals surface area (Å²) in [7, 11) is -4.20. The second kappa shape index (κ2) is 24.4.